The summed E-state index contributed by atoms with van der Waals surface area (Å²) < 4.78 is 0. The molecule has 0 bridgehead atoms. The molecule has 0 heterocycles. The van der Waals surface area contributed by atoms with Crippen LogP contribution in [0.15, 0.2) is 4.99 Å². The topological polar surface area (TPSA) is 788 Å². The van der Waals surface area contributed by atoms with E-state index in [1.165, 1.54) is 6.92 Å². The lowest BCUT2D eigenvalue weighted by Gasteiger charge is -2.28. The Morgan fingerprint density at radius 3 is 1.22 bits per heavy atom. The van der Waals surface area contributed by atoms with E-state index >= 15 is 0 Å². The Hall–Kier alpha value is -11.5. The first-order valence-electron chi connectivity index (χ1n) is 38.1. The molecule has 1 rings (SSSR count). The second kappa shape index (κ2) is 54.4. The van der Waals surface area contributed by atoms with E-state index < -0.39 is 285 Å². The summed E-state index contributed by atoms with van der Waals surface area (Å²) in [7, 11) is 0. The zero-order chi connectivity index (χ0) is 88.9. The minimum absolute atomic E-state index is 0.00375. The highest BCUT2D eigenvalue weighted by Crippen LogP contribution is 2.30. The van der Waals surface area contributed by atoms with Gasteiger partial charge in [-0.15, -0.1) is 0 Å². The molecule has 47 nitrogen and oxygen atoms in total. The number of carbonyl (C=O) groups excluding carboxylic acids is 14. The average Bonchev–Trinajstić information content (AvgIpc) is 0.864. The Labute approximate surface area is 672 Å². The van der Waals surface area contributed by atoms with Gasteiger partial charge in [-0.05, 0) is 122 Å². The van der Waals surface area contributed by atoms with E-state index in [2.05, 4.69) is 79.4 Å². The van der Waals surface area contributed by atoms with Crippen molar-refractivity contribution in [1.82, 2.24) is 74.4 Å². The average molecular weight is 1670 g/mol. The van der Waals surface area contributed by atoms with Gasteiger partial charge in [-0.1, -0.05) is 40.5 Å². The van der Waals surface area contributed by atoms with Crippen molar-refractivity contribution in [3.63, 3.8) is 0 Å². The maximum atomic E-state index is 14.3. The number of aliphatic carboxylic acids is 6. The molecule has 14 amide bonds. The summed E-state index contributed by atoms with van der Waals surface area (Å²) in [6.45, 7) is 5.56. The van der Waals surface area contributed by atoms with Gasteiger partial charge in [0.15, 0.2) is 5.96 Å². The van der Waals surface area contributed by atoms with Crippen LogP contribution in [0.4, 0.5) is 0 Å². The Morgan fingerprint density at radius 1 is 0.385 bits per heavy atom. The fourth-order valence-corrected chi connectivity index (χ4v) is 11.7. The molecule has 1 aliphatic rings. The number of carbonyl (C=O) groups is 20. The van der Waals surface area contributed by atoms with E-state index in [0.29, 0.717) is 32.1 Å². The fourth-order valence-electron chi connectivity index (χ4n) is 11.7. The molecular formula is C70H117N19O28. The molecule has 47 heteroatoms. The Balaban J connectivity index is 3.62. The van der Waals surface area contributed by atoms with Gasteiger partial charge in [-0.25, -0.2) is 4.79 Å². The number of carboxylic acid groups (broad SMARTS) is 6. The molecule has 0 aromatic heterocycles. The predicted octanol–water partition coefficient (Wildman–Crippen LogP) is -8.51. The number of nitrogens with one attached hydrogen (secondary N) is 14. The van der Waals surface area contributed by atoms with Gasteiger partial charge in [0.25, 0.3) is 0 Å². The number of unbranched alkanes of at least 4 members (excludes halogenated alkanes) is 2. The normalized spacial score (nSPS) is 16.4. The maximum absolute atomic E-state index is 14.3. The number of aliphatic imine (C=N–C) groups is 1. The number of hydrogen-bond acceptors (Lipinski definition) is 25. The minimum atomic E-state index is -2.19. The molecule has 0 aromatic carbocycles. The summed E-state index contributed by atoms with van der Waals surface area (Å²) in [6, 6.07) is -22.3. The lowest BCUT2D eigenvalue weighted by atomic mass is 9.78. The van der Waals surface area contributed by atoms with Crippen LogP contribution in [-0.2, 0) is 95.9 Å². The van der Waals surface area contributed by atoms with Crippen LogP contribution in [0, 0.1) is 23.7 Å². The van der Waals surface area contributed by atoms with Gasteiger partial charge < -0.3 is 138 Å². The van der Waals surface area contributed by atoms with Crippen LogP contribution in [0.5, 0.6) is 0 Å². The van der Waals surface area contributed by atoms with Gasteiger partial charge in [-0.3, -0.25) is 96.1 Å². The van der Waals surface area contributed by atoms with Crippen LogP contribution in [0.2, 0.25) is 0 Å². The number of aliphatic hydroxyl groups excluding tert-OH is 2. The van der Waals surface area contributed by atoms with E-state index in [4.69, 9.17) is 22.9 Å². The van der Waals surface area contributed by atoms with Gasteiger partial charge in [-0.2, -0.15) is 0 Å². The summed E-state index contributed by atoms with van der Waals surface area (Å²) in [5, 5.41) is 110. The van der Waals surface area contributed by atoms with Gasteiger partial charge >= 0.3 is 35.8 Å². The molecule has 0 aromatic rings. The molecule has 117 heavy (non-hydrogen) atoms. The molecule has 30 N–H and O–H groups in total. The Bertz CT molecular complexity index is 3470. The number of amides is 14. The van der Waals surface area contributed by atoms with E-state index in [9.17, 15) is 137 Å². The zero-order valence-electron chi connectivity index (χ0n) is 66.2. The van der Waals surface area contributed by atoms with E-state index in [0.717, 1.165) is 6.92 Å². The number of rotatable bonds is 58. The fraction of sp³-hybridized carbons (Fsp3) is 0.700. The molecule has 1 saturated carbocycles. The van der Waals surface area contributed by atoms with Gasteiger partial charge in [0.2, 0.25) is 82.7 Å². The highest BCUT2D eigenvalue weighted by molar-refractivity contribution is 6.01. The van der Waals surface area contributed by atoms with Crippen molar-refractivity contribution in [2.24, 2.45) is 51.6 Å². The van der Waals surface area contributed by atoms with Crippen molar-refractivity contribution < 1.29 is 137 Å². The van der Waals surface area contributed by atoms with Crippen molar-refractivity contribution >= 4 is 124 Å². The van der Waals surface area contributed by atoms with Gasteiger partial charge in [0.1, 0.15) is 72.5 Å². The van der Waals surface area contributed by atoms with Crippen LogP contribution in [0.1, 0.15) is 170 Å². The second-order valence-electron chi connectivity index (χ2n) is 28.8. The van der Waals surface area contributed by atoms with Crippen molar-refractivity contribution in [3.8, 4) is 0 Å². The molecule has 0 saturated heterocycles. The van der Waals surface area contributed by atoms with Crippen molar-refractivity contribution in [3.05, 3.63) is 0 Å². The van der Waals surface area contributed by atoms with Crippen molar-refractivity contribution in [2.45, 2.75) is 249 Å². The molecule has 0 radical (unpaired) electrons. The highest BCUT2D eigenvalue weighted by Gasteiger charge is 2.39. The lowest BCUT2D eigenvalue weighted by Crippen LogP contribution is -2.60. The third-order valence-electron chi connectivity index (χ3n) is 18.0. The largest absolute Gasteiger partial charge is 0.481 e. The van der Waals surface area contributed by atoms with Gasteiger partial charge in [0, 0.05) is 25.9 Å². The summed E-state index contributed by atoms with van der Waals surface area (Å²) in [5.41, 5.74) is 22.4. The third-order valence-corrected chi connectivity index (χ3v) is 18.0. The van der Waals surface area contributed by atoms with Crippen LogP contribution in [0.25, 0.3) is 0 Å². The molecule has 0 aliphatic heterocycles. The summed E-state index contributed by atoms with van der Waals surface area (Å²) in [6.07, 6.45) is -3.79. The van der Waals surface area contributed by atoms with E-state index in [1.807, 2.05) is 0 Å². The molecular weight excluding hydrogens is 1550 g/mol. The minimum Gasteiger partial charge on any atom is -0.481 e. The second-order valence-corrected chi connectivity index (χ2v) is 28.8. The molecule has 1 aliphatic carbocycles. The first-order chi connectivity index (χ1) is 54.8. The number of guanidine groups is 1. The van der Waals surface area contributed by atoms with Crippen molar-refractivity contribution in [2.75, 3.05) is 39.4 Å². The summed E-state index contributed by atoms with van der Waals surface area (Å²) >= 11 is 0. The number of nitrogens with zero attached hydrogens (tertiary/aromatic N) is 1. The first kappa shape index (κ1) is 104. The standard InChI is InChI=1S/C70H117N19O28/c1-33(2)26-39(72)58(104)85-46(28-53(97)98)64(110)83-43(20-22-52(95)96)62(108)86-45(27-34(3)4)63(109)81-41(18-13-25-76-70(73)74)61(107)87-47(29-54(99)100)65(111)82-42(19-21-51(93)94)59(105)77-30-50(92)80-40(16-10-12-24-75-57(103)37-14-7-8-15-38(37)68(114)115)60(106)78-36(6)56(102)88-49(32-91)67(113)89-48(31-90)66(112)79-35(5)55(101)84-44(69(116)117)17-9-11-23-71/h33-49,90-91H,7-32,71-72H2,1-6H3,(H,75,103)(H,77,105)(H,78,106)(H,79,112)(H,80,92)(H,81,109)(H,82,111)(H,83,110)(H,84,101)(H,85,104)(H,86,108)(H,87,107)(H,88,102)(H,89,113)(H,93,94)(H,95,96)(H,97,98)(H,99,100)(H,114,115)(H,116,117)(H4,73,74,76)/t35-,36-,37?,38?,39-,40-,41-,42-,43-,44-,45-,46-,47-,48-,49-/m0/s1. The lowest BCUT2D eigenvalue weighted by molar-refractivity contribution is -0.149. The molecule has 660 valence electrons. The summed E-state index contributed by atoms with van der Waals surface area (Å²) in [5.74, 6) is -27.7. The first-order valence-corrected chi connectivity index (χ1v) is 38.1. The smallest absolute Gasteiger partial charge is 0.326 e. The molecule has 1 fully saturated rings. The monoisotopic (exact) mass is 1670 g/mol. The molecule has 2 unspecified atom stereocenters. The van der Waals surface area contributed by atoms with Crippen LogP contribution in [0.3, 0.4) is 0 Å². The Kier molecular flexibility index (Phi) is 48.1. The Morgan fingerprint density at radius 2 is 0.761 bits per heavy atom. The number of carboxylic acids is 6. The molecule has 15 atom stereocenters. The van der Waals surface area contributed by atoms with Crippen LogP contribution in [-0.4, -0.2) is 283 Å². The third kappa shape index (κ3) is 41.6. The van der Waals surface area contributed by atoms with E-state index in [1.54, 1.807) is 27.7 Å². The number of hydrogen-bond donors (Lipinski definition) is 26. The number of nitrogens with two attached hydrogens (primary N) is 4. The zero-order valence-corrected chi connectivity index (χ0v) is 66.2. The highest BCUT2D eigenvalue weighted by atomic mass is 16.4. The van der Waals surface area contributed by atoms with Crippen LogP contribution >= 0.6 is 0 Å². The van der Waals surface area contributed by atoms with Crippen LogP contribution < -0.4 is 97.4 Å². The van der Waals surface area contributed by atoms with Gasteiger partial charge in [0.05, 0.1) is 50.5 Å². The van der Waals surface area contributed by atoms with E-state index in [-0.39, 0.29) is 76.9 Å². The number of aliphatic hydroxyl groups is 2. The predicted molar refractivity (Wildman–Crippen MR) is 407 cm³/mol. The SMILES string of the molecule is CC(C)C[C@H](NC(=O)[C@H](CCC(=O)O)NC(=O)[C@H](CC(=O)O)NC(=O)[C@@H](N)CC(C)C)C(=O)N[C@@H](CCCN=C(N)N)C(=O)N[C@@H](CC(=O)O)C(=O)N[C@@H](CCC(=O)O)C(=O)NCC(=O)N[C@@H](CCCCNC(=O)C1CCCCC1C(=O)O)C(=O)N[C@@H](C)C(=O)N[C@@H](CO)C(=O)N[C@@H](CO)C(=O)N[C@@H](C)C(=O)N[C@@H](CCCCN)C(=O)O. The molecule has 0 spiro atoms. The summed E-state index contributed by atoms with van der Waals surface area (Å²) in [4.78, 5) is 267. The van der Waals surface area contributed by atoms with Crippen molar-refractivity contribution in [1.29, 1.82) is 0 Å². The maximum Gasteiger partial charge on any atom is 0.326 e. The quantitative estimate of drug-likeness (QED) is 0.0153.